The van der Waals surface area contributed by atoms with Crippen molar-refractivity contribution in [2.45, 2.75) is 33.6 Å². The van der Waals surface area contributed by atoms with Crippen LogP contribution < -0.4 is 19.5 Å². The zero-order chi connectivity index (χ0) is 24.9. The van der Waals surface area contributed by atoms with Crippen molar-refractivity contribution in [1.29, 1.82) is 0 Å². The van der Waals surface area contributed by atoms with Crippen LogP contribution in [0.5, 0.6) is 17.2 Å². The molecule has 0 aliphatic carbocycles. The summed E-state index contributed by atoms with van der Waals surface area (Å²) in [6.45, 7) is 6.41. The average Bonchev–Trinajstić information content (AvgIpc) is 3.29. The van der Waals surface area contributed by atoms with E-state index >= 15 is 0 Å². The van der Waals surface area contributed by atoms with E-state index in [1.54, 1.807) is 14.2 Å². The van der Waals surface area contributed by atoms with Crippen LogP contribution in [0.15, 0.2) is 48.5 Å². The Morgan fingerprint density at radius 2 is 1.74 bits per heavy atom. The molecule has 8 heteroatoms. The number of benzene rings is 2. The first-order valence-electron chi connectivity index (χ1n) is 11.5. The number of carbonyl (C=O) groups is 1. The lowest BCUT2D eigenvalue weighted by atomic mass is 10.1. The first-order chi connectivity index (χ1) is 16.9. The number of ether oxygens (including phenoxy) is 3. The summed E-state index contributed by atoms with van der Waals surface area (Å²) >= 11 is 0. The van der Waals surface area contributed by atoms with E-state index < -0.39 is 0 Å². The van der Waals surface area contributed by atoms with E-state index in [9.17, 15) is 4.79 Å². The third-order valence-corrected chi connectivity index (χ3v) is 5.87. The minimum Gasteiger partial charge on any atom is -0.497 e. The van der Waals surface area contributed by atoms with Gasteiger partial charge >= 0.3 is 0 Å². The number of fused-ring (bicyclic) bond motifs is 1. The van der Waals surface area contributed by atoms with Gasteiger partial charge in [-0.2, -0.15) is 5.10 Å². The molecule has 1 amide bonds. The van der Waals surface area contributed by atoms with Crippen LogP contribution in [-0.2, 0) is 11.2 Å². The maximum atomic E-state index is 12.7. The molecule has 0 saturated carbocycles. The highest BCUT2D eigenvalue weighted by atomic mass is 16.5. The van der Waals surface area contributed by atoms with Crippen LogP contribution in [-0.4, -0.2) is 41.3 Å². The Kier molecular flexibility index (Phi) is 7.19. The van der Waals surface area contributed by atoms with Gasteiger partial charge in [0.25, 0.3) is 0 Å². The molecule has 2 heterocycles. The number of rotatable bonds is 9. The molecule has 2 aromatic carbocycles. The summed E-state index contributed by atoms with van der Waals surface area (Å²) in [5.74, 6) is 1.96. The minimum atomic E-state index is -0.0827. The summed E-state index contributed by atoms with van der Waals surface area (Å²) in [6, 6.07) is 15.0. The number of methoxy groups -OCH3 is 2. The zero-order valence-electron chi connectivity index (χ0n) is 20.7. The lowest BCUT2D eigenvalue weighted by Gasteiger charge is -2.13. The SMILES string of the molecule is CCOc1ccccc1NC(=O)CCc1c(C)nc2cc(-c3cc(OC)cc(OC)c3)nn2c1C. The molecule has 0 fully saturated rings. The Morgan fingerprint density at radius 1 is 1.03 bits per heavy atom. The second-order valence-electron chi connectivity index (χ2n) is 8.14. The second-order valence-corrected chi connectivity index (χ2v) is 8.14. The fourth-order valence-electron chi connectivity index (χ4n) is 4.09. The van der Waals surface area contributed by atoms with Crippen molar-refractivity contribution in [2.75, 3.05) is 26.1 Å². The van der Waals surface area contributed by atoms with Gasteiger partial charge < -0.3 is 19.5 Å². The summed E-state index contributed by atoms with van der Waals surface area (Å²) in [5, 5.41) is 7.75. The van der Waals surface area contributed by atoms with E-state index in [-0.39, 0.29) is 5.91 Å². The van der Waals surface area contributed by atoms with Gasteiger partial charge in [-0.25, -0.2) is 9.50 Å². The number of aryl methyl sites for hydroxylation is 2. The Hall–Kier alpha value is -4.07. The molecular formula is C27H30N4O4. The third-order valence-electron chi connectivity index (χ3n) is 5.87. The van der Waals surface area contributed by atoms with E-state index in [4.69, 9.17) is 24.3 Å². The number of carbonyl (C=O) groups excluding carboxylic acids is 1. The van der Waals surface area contributed by atoms with E-state index in [2.05, 4.69) is 5.32 Å². The molecule has 182 valence electrons. The summed E-state index contributed by atoms with van der Waals surface area (Å²) in [7, 11) is 3.24. The summed E-state index contributed by atoms with van der Waals surface area (Å²) < 4.78 is 18.2. The normalized spacial score (nSPS) is 10.9. The molecule has 0 atom stereocenters. The van der Waals surface area contributed by atoms with Gasteiger partial charge in [-0.3, -0.25) is 4.79 Å². The molecule has 1 N–H and O–H groups in total. The lowest BCUT2D eigenvalue weighted by molar-refractivity contribution is -0.116. The number of aromatic nitrogens is 3. The summed E-state index contributed by atoms with van der Waals surface area (Å²) in [6.07, 6.45) is 0.863. The fourth-order valence-corrected chi connectivity index (χ4v) is 4.09. The Bertz CT molecular complexity index is 1340. The Labute approximate surface area is 204 Å². The second kappa shape index (κ2) is 10.5. The minimum absolute atomic E-state index is 0.0827. The molecule has 0 bridgehead atoms. The van der Waals surface area contributed by atoms with E-state index in [1.165, 1.54) is 0 Å². The number of para-hydroxylation sites is 2. The zero-order valence-corrected chi connectivity index (χ0v) is 20.7. The van der Waals surface area contributed by atoms with Crippen LogP contribution in [0.4, 0.5) is 5.69 Å². The molecule has 8 nitrogen and oxygen atoms in total. The number of amides is 1. The third kappa shape index (κ3) is 5.21. The fraction of sp³-hybridized carbons (Fsp3) is 0.296. The van der Waals surface area contributed by atoms with Gasteiger partial charge in [-0.05, 0) is 57.0 Å². The standard InChI is InChI=1S/C27H30N4O4/c1-6-35-25-10-8-7-9-23(25)29-27(32)12-11-22-17(2)28-26-16-24(30-31(26)18(22)3)19-13-20(33-4)15-21(14-19)34-5/h7-10,13-16H,6,11-12H2,1-5H3,(H,29,32). The van der Waals surface area contributed by atoms with Crippen molar-refractivity contribution in [1.82, 2.24) is 14.6 Å². The van der Waals surface area contributed by atoms with E-state index in [0.717, 1.165) is 33.9 Å². The molecule has 0 spiro atoms. The maximum absolute atomic E-state index is 12.7. The quantitative estimate of drug-likeness (QED) is 0.367. The monoisotopic (exact) mass is 474 g/mol. The predicted molar refractivity (Wildman–Crippen MR) is 136 cm³/mol. The van der Waals surface area contributed by atoms with Crippen molar-refractivity contribution in [3.8, 4) is 28.5 Å². The molecular weight excluding hydrogens is 444 g/mol. The molecule has 0 unspecified atom stereocenters. The Balaban J connectivity index is 1.57. The Morgan fingerprint density at radius 3 is 2.43 bits per heavy atom. The highest BCUT2D eigenvalue weighted by Gasteiger charge is 2.16. The van der Waals surface area contributed by atoms with E-state index in [0.29, 0.717) is 42.4 Å². The van der Waals surface area contributed by atoms with Gasteiger partial charge in [0.1, 0.15) is 17.2 Å². The molecule has 35 heavy (non-hydrogen) atoms. The summed E-state index contributed by atoms with van der Waals surface area (Å²) in [4.78, 5) is 17.5. The number of nitrogens with one attached hydrogen (secondary N) is 1. The highest BCUT2D eigenvalue weighted by Crippen LogP contribution is 2.30. The molecule has 4 aromatic rings. The van der Waals surface area contributed by atoms with Crippen molar-refractivity contribution < 1.29 is 19.0 Å². The van der Waals surface area contributed by atoms with Crippen LogP contribution in [0.3, 0.4) is 0 Å². The molecule has 0 aliphatic heterocycles. The van der Waals surface area contributed by atoms with Crippen LogP contribution in [0.1, 0.15) is 30.3 Å². The van der Waals surface area contributed by atoms with Gasteiger partial charge in [0.15, 0.2) is 5.65 Å². The van der Waals surface area contributed by atoms with Gasteiger partial charge in [-0.1, -0.05) is 12.1 Å². The van der Waals surface area contributed by atoms with Crippen LogP contribution in [0.25, 0.3) is 16.9 Å². The van der Waals surface area contributed by atoms with Crippen molar-refractivity contribution in [3.63, 3.8) is 0 Å². The number of hydrogen-bond acceptors (Lipinski definition) is 6. The van der Waals surface area contributed by atoms with Crippen molar-refractivity contribution >= 4 is 17.2 Å². The molecule has 0 aliphatic rings. The molecule has 2 aromatic heterocycles. The molecule has 0 saturated heterocycles. The summed E-state index contributed by atoms with van der Waals surface area (Å²) in [5.41, 5.74) is 5.90. The molecule has 4 rings (SSSR count). The lowest BCUT2D eigenvalue weighted by Crippen LogP contribution is -2.15. The topological polar surface area (TPSA) is 87.0 Å². The largest absolute Gasteiger partial charge is 0.497 e. The van der Waals surface area contributed by atoms with Gasteiger partial charge in [0.05, 0.1) is 32.2 Å². The number of hydrogen-bond donors (Lipinski definition) is 1. The highest BCUT2D eigenvalue weighted by molar-refractivity contribution is 5.92. The van der Waals surface area contributed by atoms with Gasteiger partial charge in [0.2, 0.25) is 5.91 Å². The van der Waals surface area contributed by atoms with Crippen molar-refractivity contribution in [3.05, 3.63) is 65.5 Å². The van der Waals surface area contributed by atoms with Crippen molar-refractivity contribution in [2.24, 2.45) is 0 Å². The van der Waals surface area contributed by atoms with Crippen LogP contribution in [0.2, 0.25) is 0 Å². The average molecular weight is 475 g/mol. The number of nitrogens with zero attached hydrogens (tertiary/aromatic N) is 3. The molecule has 0 radical (unpaired) electrons. The number of anilines is 1. The van der Waals surface area contributed by atoms with Gasteiger partial charge in [0, 0.05) is 35.5 Å². The predicted octanol–water partition coefficient (Wildman–Crippen LogP) is 5.00. The van der Waals surface area contributed by atoms with Crippen LogP contribution in [0, 0.1) is 13.8 Å². The van der Waals surface area contributed by atoms with Crippen LogP contribution >= 0.6 is 0 Å². The smallest absolute Gasteiger partial charge is 0.224 e. The maximum Gasteiger partial charge on any atom is 0.224 e. The first-order valence-corrected chi connectivity index (χ1v) is 11.5. The van der Waals surface area contributed by atoms with Gasteiger partial charge in [-0.15, -0.1) is 0 Å². The first kappa shape index (κ1) is 24.1. The van der Waals surface area contributed by atoms with E-state index in [1.807, 2.05) is 73.8 Å².